The number of aliphatic hydroxyl groups excluding tert-OH is 1. The minimum atomic E-state index is -0.654. The van der Waals surface area contributed by atoms with E-state index in [0.29, 0.717) is 11.3 Å². The number of ether oxygens (including phenoxy) is 1. The second-order valence-electron chi connectivity index (χ2n) is 5.33. The van der Waals surface area contributed by atoms with E-state index in [-0.39, 0.29) is 18.5 Å². The van der Waals surface area contributed by atoms with Gasteiger partial charge in [-0.3, -0.25) is 4.79 Å². The summed E-state index contributed by atoms with van der Waals surface area (Å²) in [6.07, 6.45) is -1.24. The Bertz CT molecular complexity index is 503. The van der Waals surface area contributed by atoms with Gasteiger partial charge in [-0.05, 0) is 52.0 Å². The maximum atomic E-state index is 12.4. The van der Waals surface area contributed by atoms with E-state index in [1.165, 1.54) is 0 Å². The smallest absolute Gasteiger partial charge is 0.263 e. The molecule has 0 fully saturated rings. The molecule has 114 valence electrons. The summed E-state index contributed by atoms with van der Waals surface area (Å²) in [5, 5.41) is 18.2. The number of rotatable bonds is 6. The van der Waals surface area contributed by atoms with Crippen molar-refractivity contribution >= 4 is 5.91 Å². The third-order valence-corrected chi connectivity index (χ3v) is 3.01. The SMILES string of the molecule is CC(O)CN(C(=O)C(C)Oc1ccc(C#N)cc1)C(C)C. The van der Waals surface area contributed by atoms with Crippen LogP contribution in [0, 0.1) is 11.3 Å². The molecule has 0 spiro atoms. The zero-order chi connectivity index (χ0) is 16.0. The van der Waals surface area contributed by atoms with Gasteiger partial charge in [0.05, 0.1) is 17.7 Å². The van der Waals surface area contributed by atoms with Gasteiger partial charge in [-0.2, -0.15) is 5.26 Å². The molecule has 0 heterocycles. The number of nitrogens with zero attached hydrogens (tertiary/aromatic N) is 2. The van der Waals surface area contributed by atoms with Crippen LogP contribution in [-0.4, -0.2) is 40.7 Å². The second-order valence-corrected chi connectivity index (χ2v) is 5.33. The molecule has 1 aromatic rings. The van der Waals surface area contributed by atoms with Gasteiger partial charge in [0.15, 0.2) is 6.10 Å². The third-order valence-electron chi connectivity index (χ3n) is 3.01. The fourth-order valence-corrected chi connectivity index (χ4v) is 1.94. The third kappa shape index (κ3) is 5.09. The van der Waals surface area contributed by atoms with E-state index >= 15 is 0 Å². The van der Waals surface area contributed by atoms with Gasteiger partial charge in [0, 0.05) is 12.6 Å². The summed E-state index contributed by atoms with van der Waals surface area (Å²) >= 11 is 0. The standard InChI is InChI=1S/C16H22N2O3/c1-11(2)18(10-12(3)19)16(20)13(4)21-15-7-5-14(9-17)6-8-15/h5-8,11-13,19H,10H2,1-4H3. The maximum absolute atomic E-state index is 12.4. The molecular weight excluding hydrogens is 268 g/mol. The molecule has 1 amide bonds. The largest absolute Gasteiger partial charge is 0.481 e. The summed E-state index contributed by atoms with van der Waals surface area (Å²) in [7, 11) is 0. The molecule has 0 aromatic heterocycles. The van der Waals surface area contributed by atoms with Gasteiger partial charge < -0.3 is 14.7 Å². The van der Waals surface area contributed by atoms with Gasteiger partial charge in [0.2, 0.25) is 0 Å². The van der Waals surface area contributed by atoms with Crippen molar-refractivity contribution in [3.05, 3.63) is 29.8 Å². The predicted octanol–water partition coefficient (Wildman–Crippen LogP) is 1.94. The Hall–Kier alpha value is -2.06. The minimum Gasteiger partial charge on any atom is -0.481 e. The normalized spacial score (nSPS) is 13.4. The lowest BCUT2D eigenvalue weighted by atomic mass is 10.2. The van der Waals surface area contributed by atoms with Crippen LogP contribution in [0.5, 0.6) is 5.75 Å². The lowest BCUT2D eigenvalue weighted by Crippen LogP contribution is -2.47. The van der Waals surface area contributed by atoms with Crippen molar-refractivity contribution in [2.75, 3.05) is 6.54 Å². The Labute approximate surface area is 125 Å². The van der Waals surface area contributed by atoms with E-state index in [9.17, 15) is 9.90 Å². The number of carbonyl (C=O) groups excluding carboxylic acids is 1. The number of hydrogen-bond donors (Lipinski definition) is 1. The molecule has 1 N–H and O–H groups in total. The molecule has 0 aliphatic rings. The second kappa shape index (κ2) is 7.65. The number of carbonyl (C=O) groups is 1. The van der Waals surface area contributed by atoms with Gasteiger partial charge in [-0.1, -0.05) is 0 Å². The summed E-state index contributed by atoms with van der Waals surface area (Å²) in [4.78, 5) is 14.0. The van der Waals surface area contributed by atoms with Crippen molar-refractivity contribution in [2.24, 2.45) is 0 Å². The average molecular weight is 290 g/mol. The zero-order valence-electron chi connectivity index (χ0n) is 12.9. The monoisotopic (exact) mass is 290 g/mol. The first-order valence-corrected chi connectivity index (χ1v) is 7.00. The van der Waals surface area contributed by atoms with Crippen LogP contribution in [0.2, 0.25) is 0 Å². The maximum Gasteiger partial charge on any atom is 0.263 e. The van der Waals surface area contributed by atoms with Crippen LogP contribution in [0.15, 0.2) is 24.3 Å². The first-order chi connectivity index (χ1) is 9.85. The number of nitriles is 1. The Kier molecular flexibility index (Phi) is 6.19. The summed E-state index contributed by atoms with van der Waals surface area (Å²) in [6, 6.07) is 8.62. The molecule has 0 radical (unpaired) electrons. The first kappa shape index (κ1) is 17.0. The molecule has 0 aliphatic carbocycles. The highest BCUT2D eigenvalue weighted by Gasteiger charge is 2.25. The van der Waals surface area contributed by atoms with E-state index in [1.54, 1.807) is 43.0 Å². The lowest BCUT2D eigenvalue weighted by Gasteiger charge is -2.30. The summed E-state index contributed by atoms with van der Waals surface area (Å²) in [5.74, 6) is 0.367. The van der Waals surface area contributed by atoms with Crippen LogP contribution in [0.1, 0.15) is 33.3 Å². The quantitative estimate of drug-likeness (QED) is 0.869. The predicted molar refractivity (Wildman–Crippen MR) is 79.8 cm³/mol. The molecule has 2 atom stereocenters. The van der Waals surface area contributed by atoms with Crippen LogP contribution < -0.4 is 4.74 Å². The van der Waals surface area contributed by atoms with E-state index in [0.717, 1.165) is 0 Å². The number of aliphatic hydroxyl groups is 1. The first-order valence-electron chi connectivity index (χ1n) is 7.00. The highest BCUT2D eigenvalue weighted by molar-refractivity contribution is 5.81. The van der Waals surface area contributed by atoms with Gasteiger partial charge in [-0.25, -0.2) is 0 Å². The van der Waals surface area contributed by atoms with Crippen molar-refractivity contribution in [1.82, 2.24) is 4.90 Å². The van der Waals surface area contributed by atoms with Crippen LogP contribution in [0.4, 0.5) is 0 Å². The summed E-state index contributed by atoms with van der Waals surface area (Å²) < 4.78 is 5.61. The van der Waals surface area contributed by atoms with Crippen molar-refractivity contribution in [1.29, 1.82) is 5.26 Å². The molecular formula is C16H22N2O3. The van der Waals surface area contributed by atoms with Gasteiger partial charge in [-0.15, -0.1) is 0 Å². The van der Waals surface area contributed by atoms with Gasteiger partial charge in [0.1, 0.15) is 5.75 Å². The van der Waals surface area contributed by atoms with Crippen LogP contribution in [0.3, 0.4) is 0 Å². The van der Waals surface area contributed by atoms with Crippen molar-refractivity contribution in [2.45, 2.75) is 45.9 Å². The molecule has 21 heavy (non-hydrogen) atoms. The summed E-state index contributed by atoms with van der Waals surface area (Å²) in [6.45, 7) is 7.40. The van der Waals surface area contributed by atoms with Crippen LogP contribution in [0.25, 0.3) is 0 Å². The Morgan fingerprint density at radius 1 is 1.29 bits per heavy atom. The van der Waals surface area contributed by atoms with Gasteiger partial charge in [0.25, 0.3) is 5.91 Å². The van der Waals surface area contributed by atoms with Crippen molar-refractivity contribution in [3.8, 4) is 11.8 Å². The minimum absolute atomic E-state index is 0.0147. The number of amides is 1. The summed E-state index contributed by atoms with van der Waals surface area (Å²) in [5.41, 5.74) is 0.541. The van der Waals surface area contributed by atoms with Crippen LogP contribution >= 0.6 is 0 Å². The number of hydrogen-bond acceptors (Lipinski definition) is 4. The highest BCUT2D eigenvalue weighted by atomic mass is 16.5. The Balaban J connectivity index is 2.73. The average Bonchev–Trinajstić information content (AvgIpc) is 2.44. The van der Waals surface area contributed by atoms with Crippen LogP contribution in [-0.2, 0) is 4.79 Å². The van der Waals surface area contributed by atoms with Gasteiger partial charge >= 0.3 is 0 Å². The number of benzene rings is 1. The topological polar surface area (TPSA) is 73.6 Å². The van der Waals surface area contributed by atoms with E-state index in [4.69, 9.17) is 10.00 Å². The molecule has 1 rings (SSSR count). The lowest BCUT2D eigenvalue weighted by molar-refractivity contribution is -0.141. The van der Waals surface area contributed by atoms with E-state index < -0.39 is 12.2 Å². The van der Waals surface area contributed by atoms with E-state index in [1.807, 2.05) is 19.9 Å². The van der Waals surface area contributed by atoms with Crippen molar-refractivity contribution < 1.29 is 14.6 Å². The molecule has 0 bridgehead atoms. The van der Waals surface area contributed by atoms with Crippen molar-refractivity contribution in [3.63, 3.8) is 0 Å². The Morgan fingerprint density at radius 3 is 2.29 bits per heavy atom. The molecule has 0 saturated heterocycles. The molecule has 2 unspecified atom stereocenters. The fourth-order valence-electron chi connectivity index (χ4n) is 1.94. The molecule has 5 heteroatoms. The molecule has 0 saturated carbocycles. The highest BCUT2D eigenvalue weighted by Crippen LogP contribution is 2.15. The Morgan fingerprint density at radius 2 is 1.86 bits per heavy atom. The van der Waals surface area contributed by atoms with E-state index in [2.05, 4.69) is 0 Å². The fraction of sp³-hybridized carbons (Fsp3) is 0.500. The molecule has 5 nitrogen and oxygen atoms in total. The molecule has 1 aromatic carbocycles. The molecule has 0 aliphatic heterocycles. The zero-order valence-corrected chi connectivity index (χ0v) is 12.9.